The molecule has 2 aromatic carbocycles. The second-order valence-electron chi connectivity index (χ2n) is 8.23. The lowest BCUT2D eigenvalue weighted by Gasteiger charge is -2.31. The predicted molar refractivity (Wildman–Crippen MR) is 125 cm³/mol. The second kappa shape index (κ2) is 8.48. The summed E-state index contributed by atoms with van der Waals surface area (Å²) >= 11 is 0. The third-order valence-corrected chi connectivity index (χ3v) is 6.25. The molecule has 178 valence electrons. The number of nitro benzene ring substituents is 1. The molecule has 2 aliphatic heterocycles. The number of dihydropyridines is 1. The molecular formula is C24H17N7O5. The molecular weight excluding hydrogens is 466 g/mol. The van der Waals surface area contributed by atoms with E-state index in [9.17, 15) is 29.8 Å². The summed E-state index contributed by atoms with van der Waals surface area (Å²) < 4.78 is 0. The van der Waals surface area contributed by atoms with Crippen molar-refractivity contribution in [2.75, 3.05) is 0 Å². The Morgan fingerprint density at radius 3 is 2.50 bits per heavy atom. The Morgan fingerprint density at radius 2 is 1.86 bits per heavy atom. The highest BCUT2D eigenvalue weighted by molar-refractivity contribution is 6.25. The maximum absolute atomic E-state index is 13.2. The Labute approximate surface area is 203 Å². The molecule has 1 amide bonds. The van der Waals surface area contributed by atoms with Gasteiger partial charge in [-0.3, -0.25) is 29.9 Å². The topological polar surface area (TPSA) is 184 Å². The summed E-state index contributed by atoms with van der Waals surface area (Å²) in [5.74, 6) is -0.548. The Kier molecular flexibility index (Phi) is 5.29. The largest absolute Gasteiger partial charge is 0.397 e. The summed E-state index contributed by atoms with van der Waals surface area (Å²) in [6, 6.07) is 12.4. The van der Waals surface area contributed by atoms with Crippen LogP contribution in [0.4, 0.5) is 5.69 Å². The maximum Gasteiger partial charge on any atom is 0.269 e. The number of hydrazine groups is 1. The Morgan fingerprint density at radius 1 is 1.17 bits per heavy atom. The van der Waals surface area contributed by atoms with Gasteiger partial charge >= 0.3 is 0 Å². The molecule has 5 rings (SSSR count). The van der Waals surface area contributed by atoms with E-state index in [1.807, 2.05) is 6.07 Å². The average Bonchev–Trinajstić information content (AvgIpc) is 3.30. The number of Topliss-reactive ketones (excluding diaryl/α,β-unsaturated/α-hetero) is 2. The summed E-state index contributed by atoms with van der Waals surface area (Å²) in [6.45, 7) is 0. The van der Waals surface area contributed by atoms with E-state index >= 15 is 0 Å². The molecule has 1 aliphatic carbocycles. The van der Waals surface area contributed by atoms with Crippen molar-refractivity contribution in [3.63, 3.8) is 0 Å². The van der Waals surface area contributed by atoms with Crippen molar-refractivity contribution in [1.82, 2.24) is 15.8 Å². The van der Waals surface area contributed by atoms with Crippen molar-refractivity contribution < 1.29 is 19.3 Å². The van der Waals surface area contributed by atoms with Crippen molar-refractivity contribution in [3.8, 4) is 6.07 Å². The molecule has 0 bridgehead atoms. The van der Waals surface area contributed by atoms with Crippen LogP contribution in [0.3, 0.4) is 0 Å². The number of carbonyl (C=O) groups excluding carboxylic acids is 3. The lowest BCUT2D eigenvalue weighted by molar-refractivity contribution is -0.384. The number of amides is 1. The SMILES string of the molecule is N#CC1=C(/N=C2\CC(c3ccc([N+](=O)[O-])cc3)N(C=O)N2)NC2C(=O)c3ccccc3C(=O)C2=C1N. The van der Waals surface area contributed by atoms with Gasteiger partial charge in [-0.05, 0) is 5.56 Å². The number of carbonyl (C=O) groups is 3. The first-order chi connectivity index (χ1) is 17.3. The molecule has 0 spiro atoms. The van der Waals surface area contributed by atoms with Crippen LogP contribution in [0.1, 0.15) is 38.7 Å². The number of allylic oxidation sites excluding steroid dienone is 1. The van der Waals surface area contributed by atoms with E-state index in [1.165, 1.54) is 23.2 Å². The fourth-order valence-electron chi connectivity index (χ4n) is 4.50. The zero-order chi connectivity index (χ0) is 25.6. The molecule has 2 unspecified atom stereocenters. The molecule has 1 saturated heterocycles. The number of nitrogens with one attached hydrogen (secondary N) is 2. The van der Waals surface area contributed by atoms with E-state index in [1.54, 1.807) is 30.3 Å². The van der Waals surface area contributed by atoms with Gasteiger partial charge in [0.1, 0.15) is 29.3 Å². The molecule has 1 fully saturated rings. The smallest absolute Gasteiger partial charge is 0.269 e. The average molecular weight is 483 g/mol. The number of rotatable bonds is 4. The van der Waals surface area contributed by atoms with Crippen LogP contribution in [-0.4, -0.2) is 39.8 Å². The molecule has 12 heteroatoms. The number of benzene rings is 2. The number of hydrogen-bond acceptors (Lipinski definition) is 9. The maximum atomic E-state index is 13.2. The van der Waals surface area contributed by atoms with Gasteiger partial charge in [0.2, 0.25) is 6.41 Å². The second-order valence-corrected chi connectivity index (χ2v) is 8.23. The van der Waals surface area contributed by atoms with E-state index in [-0.39, 0.29) is 57.5 Å². The van der Waals surface area contributed by atoms with Gasteiger partial charge in [0, 0.05) is 29.7 Å². The summed E-state index contributed by atoms with van der Waals surface area (Å²) in [5.41, 5.74) is 9.80. The molecule has 2 atom stereocenters. The molecule has 36 heavy (non-hydrogen) atoms. The van der Waals surface area contributed by atoms with Gasteiger partial charge in [0.15, 0.2) is 11.6 Å². The zero-order valence-electron chi connectivity index (χ0n) is 18.5. The monoisotopic (exact) mass is 483 g/mol. The summed E-state index contributed by atoms with van der Waals surface area (Å²) in [7, 11) is 0. The Balaban J connectivity index is 1.51. The number of aliphatic imine (C=N–C) groups is 1. The minimum atomic E-state index is -1.11. The lowest BCUT2D eigenvalue weighted by atomic mass is 9.79. The molecule has 12 nitrogen and oxygen atoms in total. The van der Waals surface area contributed by atoms with Crippen molar-refractivity contribution in [2.45, 2.75) is 18.5 Å². The minimum Gasteiger partial charge on any atom is -0.397 e. The van der Waals surface area contributed by atoms with Gasteiger partial charge < -0.3 is 11.1 Å². The molecule has 2 aromatic rings. The molecule has 0 saturated carbocycles. The number of nitro groups is 1. The van der Waals surface area contributed by atoms with Crippen LogP contribution < -0.4 is 16.5 Å². The number of ketones is 2. The highest BCUT2D eigenvalue weighted by Crippen LogP contribution is 2.34. The highest BCUT2D eigenvalue weighted by Gasteiger charge is 2.42. The van der Waals surface area contributed by atoms with Crippen molar-refractivity contribution >= 4 is 29.5 Å². The minimum absolute atomic E-state index is 0.00291. The fourth-order valence-corrected chi connectivity index (χ4v) is 4.50. The van der Waals surface area contributed by atoms with E-state index in [4.69, 9.17) is 5.73 Å². The van der Waals surface area contributed by atoms with Crippen molar-refractivity contribution in [1.29, 1.82) is 5.26 Å². The third-order valence-electron chi connectivity index (χ3n) is 6.25. The van der Waals surface area contributed by atoms with Crippen molar-refractivity contribution in [3.05, 3.63) is 98.0 Å². The summed E-state index contributed by atoms with van der Waals surface area (Å²) in [5, 5.41) is 24.8. The summed E-state index contributed by atoms with van der Waals surface area (Å²) in [4.78, 5) is 52.7. The zero-order valence-corrected chi connectivity index (χ0v) is 18.5. The fraction of sp³-hybridized carbons (Fsp3) is 0.125. The molecule has 3 aliphatic rings. The van der Waals surface area contributed by atoms with Gasteiger partial charge in [0.05, 0.1) is 22.2 Å². The van der Waals surface area contributed by atoms with Crippen LogP contribution >= 0.6 is 0 Å². The van der Waals surface area contributed by atoms with Gasteiger partial charge in [-0.25, -0.2) is 10.0 Å². The summed E-state index contributed by atoms with van der Waals surface area (Å²) in [6.07, 6.45) is 0.742. The van der Waals surface area contributed by atoms with Crippen LogP contribution in [0.15, 0.2) is 76.2 Å². The number of nitrogens with zero attached hydrogens (tertiary/aromatic N) is 4. The third kappa shape index (κ3) is 3.46. The van der Waals surface area contributed by atoms with E-state index in [0.717, 1.165) is 0 Å². The highest BCUT2D eigenvalue weighted by atomic mass is 16.6. The predicted octanol–water partition coefficient (Wildman–Crippen LogP) is 1.40. The van der Waals surface area contributed by atoms with E-state index in [2.05, 4.69) is 15.7 Å². The van der Waals surface area contributed by atoms with Crippen LogP contribution in [0.2, 0.25) is 0 Å². The Bertz CT molecular complexity index is 1480. The number of nitriles is 1. The van der Waals surface area contributed by atoms with Crippen LogP contribution in [0.25, 0.3) is 0 Å². The van der Waals surface area contributed by atoms with E-state index < -0.39 is 22.8 Å². The number of amidine groups is 1. The lowest BCUT2D eigenvalue weighted by Crippen LogP contribution is -2.48. The van der Waals surface area contributed by atoms with Crippen LogP contribution in [0, 0.1) is 21.4 Å². The first kappa shape index (κ1) is 22.5. The van der Waals surface area contributed by atoms with Gasteiger partial charge in [-0.1, -0.05) is 36.4 Å². The normalized spacial score (nSPS) is 22.0. The van der Waals surface area contributed by atoms with E-state index in [0.29, 0.717) is 12.0 Å². The number of fused-ring (bicyclic) bond motifs is 2. The standard InChI is InChI=1S/C24H17N7O5/c25-10-16-20(26)19-21(23(34)15-4-2-1-3-14(15)22(19)33)28-24(16)27-18-9-17(30(11-32)29-18)12-5-7-13(8-6-12)31(35)36/h1-8,11,17,21,28H,9,26H2,(H,27,29). The number of hydrogen-bond donors (Lipinski definition) is 3. The number of non-ortho nitro benzene ring substituents is 1. The Hall–Kier alpha value is -5.31. The molecule has 0 radical (unpaired) electrons. The molecule has 2 heterocycles. The van der Waals surface area contributed by atoms with Gasteiger partial charge in [-0.15, -0.1) is 0 Å². The quantitative estimate of drug-likeness (QED) is 0.328. The first-order valence-corrected chi connectivity index (χ1v) is 10.7. The van der Waals surface area contributed by atoms with Gasteiger partial charge in [0.25, 0.3) is 5.69 Å². The van der Waals surface area contributed by atoms with Crippen molar-refractivity contribution in [2.24, 2.45) is 10.7 Å². The number of nitrogens with two attached hydrogens (primary N) is 1. The van der Waals surface area contributed by atoms with Crippen LogP contribution in [-0.2, 0) is 4.79 Å². The molecule has 0 aromatic heterocycles. The van der Waals surface area contributed by atoms with Crippen LogP contribution in [0.5, 0.6) is 0 Å². The first-order valence-electron chi connectivity index (χ1n) is 10.7. The van der Waals surface area contributed by atoms with Gasteiger partial charge in [-0.2, -0.15) is 5.26 Å². The molecule has 4 N–H and O–H groups in total.